The van der Waals surface area contributed by atoms with Gasteiger partial charge in [-0.1, -0.05) is 30.3 Å². The van der Waals surface area contributed by atoms with Gasteiger partial charge < -0.3 is 20.1 Å². The zero-order valence-electron chi connectivity index (χ0n) is 14.3. The molecule has 25 heavy (non-hydrogen) atoms. The Morgan fingerprint density at radius 2 is 2.00 bits per heavy atom. The van der Waals surface area contributed by atoms with Crippen molar-refractivity contribution in [3.8, 4) is 0 Å². The van der Waals surface area contributed by atoms with Gasteiger partial charge in [0.05, 0.1) is 18.9 Å². The lowest BCUT2D eigenvalue weighted by Gasteiger charge is -2.23. The van der Waals surface area contributed by atoms with Crippen LogP contribution in [0.4, 0.5) is 0 Å². The van der Waals surface area contributed by atoms with Crippen molar-refractivity contribution in [3.05, 3.63) is 35.9 Å². The van der Waals surface area contributed by atoms with Crippen LogP contribution in [0.25, 0.3) is 0 Å². The maximum absolute atomic E-state index is 12.4. The Balaban J connectivity index is 1.78. The molecule has 7 heteroatoms. The molecule has 2 N–H and O–H groups in total. The van der Waals surface area contributed by atoms with E-state index in [-0.39, 0.29) is 49.8 Å². The number of nitrogens with one attached hydrogen (secondary N) is 1. The molecule has 2 unspecified atom stereocenters. The van der Waals surface area contributed by atoms with Gasteiger partial charge in [0.1, 0.15) is 0 Å². The summed E-state index contributed by atoms with van der Waals surface area (Å²) in [7, 11) is 1.56. The number of aliphatic carboxylic acids is 1. The summed E-state index contributed by atoms with van der Waals surface area (Å²) >= 11 is 0. The van der Waals surface area contributed by atoms with Gasteiger partial charge >= 0.3 is 5.97 Å². The first-order valence-corrected chi connectivity index (χ1v) is 8.34. The van der Waals surface area contributed by atoms with E-state index in [0.717, 1.165) is 5.56 Å². The second-order valence-corrected chi connectivity index (χ2v) is 6.15. The number of carbonyl (C=O) groups excluding carboxylic acids is 2. The molecule has 1 aliphatic heterocycles. The van der Waals surface area contributed by atoms with Crippen molar-refractivity contribution in [2.45, 2.75) is 37.8 Å². The molecule has 2 atom stereocenters. The first-order valence-electron chi connectivity index (χ1n) is 8.34. The Labute approximate surface area is 147 Å². The number of benzene rings is 1. The summed E-state index contributed by atoms with van der Waals surface area (Å²) in [5.74, 6) is -1.24. The lowest BCUT2D eigenvalue weighted by Crippen LogP contribution is -2.39. The summed E-state index contributed by atoms with van der Waals surface area (Å²) in [6.45, 7) is 0.629. The van der Waals surface area contributed by atoms with Gasteiger partial charge in [0.2, 0.25) is 11.8 Å². The Hall–Kier alpha value is -2.41. The monoisotopic (exact) mass is 348 g/mol. The van der Waals surface area contributed by atoms with Crippen LogP contribution in [-0.2, 0) is 25.5 Å². The Morgan fingerprint density at radius 3 is 2.64 bits per heavy atom. The number of hydrogen-bond acceptors (Lipinski definition) is 4. The molecule has 0 aliphatic carbocycles. The molecule has 0 saturated carbocycles. The quantitative estimate of drug-likeness (QED) is 0.725. The summed E-state index contributed by atoms with van der Waals surface area (Å²) in [5, 5.41) is 11.7. The second kappa shape index (κ2) is 9.17. The van der Waals surface area contributed by atoms with Gasteiger partial charge in [-0.05, 0) is 12.0 Å². The van der Waals surface area contributed by atoms with Crippen LogP contribution in [0.15, 0.2) is 30.3 Å². The van der Waals surface area contributed by atoms with Gasteiger partial charge in [-0.15, -0.1) is 0 Å². The van der Waals surface area contributed by atoms with Crippen LogP contribution in [0.5, 0.6) is 0 Å². The highest BCUT2D eigenvalue weighted by Crippen LogP contribution is 2.23. The third-order valence-corrected chi connectivity index (χ3v) is 4.31. The molecule has 136 valence electrons. The van der Waals surface area contributed by atoms with Gasteiger partial charge in [0.15, 0.2) is 0 Å². The molecule has 0 radical (unpaired) electrons. The Kier molecular flexibility index (Phi) is 6.94. The largest absolute Gasteiger partial charge is 0.481 e. The van der Waals surface area contributed by atoms with Crippen LogP contribution in [0.1, 0.15) is 24.8 Å². The predicted molar refractivity (Wildman–Crippen MR) is 90.9 cm³/mol. The number of rotatable bonds is 8. The molecule has 1 aliphatic rings. The number of likely N-dealkylation sites (tertiary alicyclic amines) is 1. The minimum Gasteiger partial charge on any atom is -0.481 e. The van der Waals surface area contributed by atoms with E-state index < -0.39 is 5.97 Å². The number of methoxy groups -OCH3 is 1. The molecule has 0 bridgehead atoms. The van der Waals surface area contributed by atoms with Gasteiger partial charge in [0.25, 0.3) is 0 Å². The van der Waals surface area contributed by atoms with Crippen LogP contribution < -0.4 is 5.32 Å². The van der Waals surface area contributed by atoms with Crippen LogP contribution in [0.3, 0.4) is 0 Å². The molecule has 1 aromatic carbocycles. The van der Waals surface area contributed by atoms with Gasteiger partial charge in [0, 0.05) is 32.7 Å². The minimum absolute atomic E-state index is 0.0913. The zero-order valence-corrected chi connectivity index (χ0v) is 14.3. The molecule has 1 fully saturated rings. The summed E-state index contributed by atoms with van der Waals surface area (Å²) in [4.78, 5) is 36.8. The zero-order chi connectivity index (χ0) is 18.2. The van der Waals surface area contributed by atoms with Crippen LogP contribution >= 0.6 is 0 Å². The SMILES string of the molecule is COC1CC(CC(=O)O)N(C(=O)CCNC(=O)Cc2ccccc2)C1. The van der Waals surface area contributed by atoms with E-state index in [2.05, 4.69) is 5.32 Å². The van der Waals surface area contributed by atoms with Crippen molar-refractivity contribution in [1.29, 1.82) is 0 Å². The van der Waals surface area contributed by atoms with Crippen LogP contribution in [0, 0.1) is 0 Å². The standard InChI is InChI=1S/C18H24N2O5/c1-25-15-10-14(11-18(23)24)20(12-15)17(22)7-8-19-16(21)9-13-5-3-2-4-6-13/h2-6,14-15H,7-12H2,1H3,(H,19,21)(H,23,24). The summed E-state index contributed by atoms with van der Waals surface area (Å²) < 4.78 is 5.26. The first kappa shape index (κ1) is 18.9. The van der Waals surface area contributed by atoms with Gasteiger partial charge in [-0.2, -0.15) is 0 Å². The van der Waals surface area contributed by atoms with E-state index in [1.807, 2.05) is 30.3 Å². The molecule has 2 rings (SSSR count). The predicted octanol–water partition coefficient (Wildman–Crippen LogP) is 0.826. The van der Waals surface area contributed by atoms with Crippen molar-refractivity contribution >= 4 is 17.8 Å². The third-order valence-electron chi connectivity index (χ3n) is 4.31. The molecule has 1 aromatic rings. The molecular weight excluding hydrogens is 324 g/mol. The molecular formula is C18H24N2O5. The average molecular weight is 348 g/mol. The Morgan fingerprint density at radius 1 is 1.28 bits per heavy atom. The van der Waals surface area contributed by atoms with Crippen molar-refractivity contribution in [1.82, 2.24) is 10.2 Å². The number of amides is 2. The summed E-state index contributed by atoms with van der Waals surface area (Å²) in [6, 6.07) is 9.02. The fourth-order valence-electron chi connectivity index (χ4n) is 3.04. The van der Waals surface area contributed by atoms with Crippen LogP contribution in [0.2, 0.25) is 0 Å². The molecule has 0 spiro atoms. The molecule has 2 amide bonds. The van der Waals surface area contributed by atoms with Gasteiger partial charge in [-0.3, -0.25) is 14.4 Å². The second-order valence-electron chi connectivity index (χ2n) is 6.15. The molecule has 7 nitrogen and oxygen atoms in total. The van der Waals surface area contributed by atoms with Crippen molar-refractivity contribution in [3.63, 3.8) is 0 Å². The van der Waals surface area contributed by atoms with E-state index in [1.54, 1.807) is 12.0 Å². The maximum Gasteiger partial charge on any atom is 0.305 e. The van der Waals surface area contributed by atoms with Crippen molar-refractivity contribution < 1.29 is 24.2 Å². The number of nitrogens with zero attached hydrogens (tertiary/aromatic N) is 1. The fourth-order valence-corrected chi connectivity index (χ4v) is 3.04. The highest BCUT2D eigenvalue weighted by molar-refractivity contribution is 5.81. The van der Waals surface area contributed by atoms with Crippen LogP contribution in [-0.4, -0.2) is 60.1 Å². The highest BCUT2D eigenvalue weighted by Gasteiger charge is 2.36. The summed E-state index contributed by atoms with van der Waals surface area (Å²) in [5.41, 5.74) is 0.912. The van der Waals surface area contributed by atoms with E-state index in [9.17, 15) is 14.4 Å². The number of hydrogen-bond donors (Lipinski definition) is 2. The van der Waals surface area contributed by atoms with E-state index >= 15 is 0 Å². The highest BCUT2D eigenvalue weighted by atomic mass is 16.5. The van der Waals surface area contributed by atoms with E-state index in [0.29, 0.717) is 13.0 Å². The minimum atomic E-state index is -0.935. The average Bonchev–Trinajstić information content (AvgIpc) is 2.98. The first-order chi connectivity index (χ1) is 12.0. The van der Waals surface area contributed by atoms with Gasteiger partial charge in [-0.25, -0.2) is 0 Å². The normalized spacial score (nSPS) is 19.6. The third kappa shape index (κ3) is 5.86. The van der Waals surface area contributed by atoms with Crippen molar-refractivity contribution in [2.75, 3.05) is 20.2 Å². The summed E-state index contributed by atoms with van der Waals surface area (Å²) in [6.07, 6.45) is 0.709. The number of ether oxygens (including phenoxy) is 1. The smallest absolute Gasteiger partial charge is 0.305 e. The number of carboxylic acids is 1. The lowest BCUT2D eigenvalue weighted by atomic mass is 10.1. The number of carboxylic acid groups (broad SMARTS) is 1. The van der Waals surface area contributed by atoms with E-state index in [4.69, 9.17) is 9.84 Å². The lowest BCUT2D eigenvalue weighted by molar-refractivity contribution is -0.139. The molecule has 1 saturated heterocycles. The van der Waals surface area contributed by atoms with E-state index in [1.165, 1.54) is 0 Å². The number of carbonyl (C=O) groups is 3. The molecule has 0 aromatic heterocycles. The topological polar surface area (TPSA) is 95.9 Å². The molecule has 1 heterocycles. The van der Waals surface area contributed by atoms with Crippen molar-refractivity contribution in [2.24, 2.45) is 0 Å². The Bertz CT molecular complexity index is 605. The fraction of sp³-hybridized carbons (Fsp3) is 0.500. The maximum atomic E-state index is 12.4.